The van der Waals surface area contributed by atoms with Crippen molar-refractivity contribution in [2.75, 3.05) is 13.1 Å². The van der Waals surface area contributed by atoms with Crippen LogP contribution in [0.2, 0.25) is 0 Å². The Morgan fingerprint density at radius 2 is 2.00 bits per heavy atom. The Morgan fingerprint density at radius 3 is 2.73 bits per heavy atom. The highest BCUT2D eigenvalue weighted by atomic mass is 15.2. The summed E-state index contributed by atoms with van der Waals surface area (Å²) in [4.78, 5) is 9.02. The third kappa shape index (κ3) is 4.88. The third-order valence-electron chi connectivity index (χ3n) is 3.19. The highest BCUT2D eigenvalue weighted by Gasteiger charge is 2.01. The van der Waals surface area contributed by atoms with Gasteiger partial charge in [-0.05, 0) is 37.1 Å². The Hall–Kier alpha value is -2.36. The van der Waals surface area contributed by atoms with Crippen LogP contribution < -0.4 is 10.6 Å². The summed E-state index contributed by atoms with van der Waals surface area (Å²) < 4.78 is 0. The Balaban J connectivity index is 2.09. The fraction of sp³-hybridized carbons (Fsp3) is 0.333. The molecule has 0 aliphatic carbocycles. The Bertz CT molecular complexity index is 593. The maximum Gasteiger partial charge on any atom is 0.191 e. The minimum Gasteiger partial charge on any atom is -0.357 e. The molecule has 0 spiro atoms. The van der Waals surface area contributed by atoms with Crippen LogP contribution >= 0.6 is 0 Å². The monoisotopic (exact) mass is 296 g/mol. The van der Waals surface area contributed by atoms with Crippen LogP contribution in [0.3, 0.4) is 0 Å². The van der Waals surface area contributed by atoms with E-state index in [4.69, 9.17) is 0 Å². The number of guanidine groups is 1. The number of hydrogen-bond donors (Lipinski definition) is 2. The van der Waals surface area contributed by atoms with E-state index in [2.05, 4.69) is 58.7 Å². The van der Waals surface area contributed by atoms with E-state index < -0.39 is 0 Å². The van der Waals surface area contributed by atoms with Crippen LogP contribution in [0.25, 0.3) is 11.3 Å². The second-order valence-corrected chi connectivity index (χ2v) is 5.04. The molecule has 0 bridgehead atoms. The van der Waals surface area contributed by atoms with Crippen molar-refractivity contribution in [3.8, 4) is 11.3 Å². The molecular formula is C18H24N4. The molecule has 0 aliphatic heterocycles. The first-order valence-corrected chi connectivity index (χ1v) is 7.86. The van der Waals surface area contributed by atoms with E-state index in [0.717, 1.165) is 36.7 Å². The second kappa shape index (κ2) is 8.82. The summed E-state index contributed by atoms with van der Waals surface area (Å²) in [6.07, 6.45) is 2.90. The smallest absolute Gasteiger partial charge is 0.191 e. The molecule has 0 saturated heterocycles. The first kappa shape index (κ1) is 16.0. The van der Waals surface area contributed by atoms with Crippen LogP contribution in [0, 0.1) is 0 Å². The molecule has 22 heavy (non-hydrogen) atoms. The molecule has 116 valence electrons. The molecule has 2 rings (SSSR count). The highest BCUT2D eigenvalue weighted by molar-refractivity contribution is 5.79. The fourth-order valence-electron chi connectivity index (χ4n) is 2.12. The average Bonchev–Trinajstić information content (AvgIpc) is 2.58. The van der Waals surface area contributed by atoms with Gasteiger partial charge >= 0.3 is 0 Å². The summed E-state index contributed by atoms with van der Waals surface area (Å²) in [6, 6.07) is 14.3. The summed E-state index contributed by atoms with van der Waals surface area (Å²) in [5, 5.41) is 6.57. The molecule has 2 aromatic rings. The zero-order valence-electron chi connectivity index (χ0n) is 13.3. The van der Waals surface area contributed by atoms with Gasteiger partial charge in [-0.3, -0.25) is 4.98 Å². The molecule has 0 fully saturated rings. The molecular weight excluding hydrogens is 272 g/mol. The van der Waals surface area contributed by atoms with Crippen molar-refractivity contribution in [3.63, 3.8) is 0 Å². The summed E-state index contributed by atoms with van der Waals surface area (Å²) in [7, 11) is 0. The van der Waals surface area contributed by atoms with Gasteiger partial charge in [0.05, 0.1) is 12.2 Å². The lowest BCUT2D eigenvalue weighted by Crippen LogP contribution is -2.37. The van der Waals surface area contributed by atoms with Crippen molar-refractivity contribution in [1.29, 1.82) is 0 Å². The number of nitrogens with one attached hydrogen (secondary N) is 2. The van der Waals surface area contributed by atoms with Gasteiger partial charge in [0.25, 0.3) is 0 Å². The van der Waals surface area contributed by atoms with Crippen molar-refractivity contribution >= 4 is 5.96 Å². The van der Waals surface area contributed by atoms with E-state index in [-0.39, 0.29) is 0 Å². The van der Waals surface area contributed by atoms with Crippen LogP contribution in [0.15, 0.2) is 53.7 Å². The Morgan fingerprint density at radius 1 is 1.09 bits per heavy atom. The van der Waals surface area contributed by atoms with Crippen molar-refractivity contribution in [3.05, 3.63) is 54.2 Å². The third-order valence-corrected chi connectivity index (χ3v) is 3.19. The Kier molecular flexibility index (Phi) is 6.42. The van der Waals surface area contributed by atoms with Crippen molar-refractivity contribution in [2.45, 2.75) is 26.8 Å². The number of pyridine rings is 1. The maximum absolute atomic E-state index is 4.63. The molecule has 1 aromatic carbocycles. The standard InChI is InChI=1S/C18H24N4/c1-3-11-21-18(19-4-2)22-14-15-8-7-9-16(13-15)17-10-5-6-12-20-17/h5-10,12-13H,3-4,11,14H2,1-2H3,(H2,19,21,22). The number of benzene rings is 1. The average molecular weight is 296 g/mol. The van der Waals surface area contributed by atoms with Gasteiger partial charge in [0.15, 0.2) is 5.96 Å². The number of rotatable bonds is 6. The van der Waals surface area contributed by atoms with Gasteiger partial charge in [-0.2, -0.15) is 0 Å². The van der Waals surface area contributed by atoms with Crippen molar-refractivity contribution in [1.82, 2.24) is 15.6 Å². The first-order valence-electron chi connectivity index (χ1n) is 7.86. The van der Waals surface area contributed by atoms with E-state index in [1.165, 1.54) is 5.56 Å². The van der Waals surface area contributed by atoms with Crippen molar-refractivity contribution < 1.29 is 0 Å². The van der Waals surface area contributed by atoms with Crippen LogP contribution in [-0.2, 0) is 6.54 Å². The molecule has 4 nitrogen and oxygen atoms in total. The normalized spacial score (nSPS) is 11.3. The number of aromatic nitrogens is 1. The van der Waals surface area contributed by atoms with Crippen LogP contribution in [0.4, 0.5) is 0 Å². The molecule has 0 unspecified atom stereocenters. The predicted molar refractivity (Wildman–Crippen MR) is 92.8 cm³/mol. The molecule has 0 aliphatic rings. The quantitative estimate of drug-likeness (QED) is 0.635. The van der Waals surface area contributed by atoms with E-state index >= 15 is 0 Å². The lowest BCUT2D eigenvalue weighted by molar-refractivity contribution is 0.785. The molecule has 0 amide bonds. The van der Waals surface area contributed by atoms with E-state index in [1.54, 1.807) is 0 Å². The fourth-order valence-corrected chi connectivity index (χ4v) is 2.12. The lowest BCUT2D eigenvalue weighted by atomic mass is 10.1. The van der Waals surface area contributed by atoms with Gasteiger partial charge in [0.2, 0.25) is 0 Å². The predicted octanol–water partition coefficient (Wildman–Crippen LogP) is 3.21. The molecule has 1 aromatic heterocycles. The van der Waals surface area contributed by atoms with Gasteiger partial charge in [0, 0.05) is 24.8 Å². The van der Waals surface area contributed by atoms with E-state index in [1.807, 2.05) is 24.4 Å². The van der Waals surface area contributed by atoms with Crippen LogP contribution in [-0.4, -0.2) is 24.0 Å². The summed E-state index contributed by atoms with van der Waals surface area (Å²) in [5.74, 6) is 0.868. The zero-order chi connectivity index (χ0) is 15.6. The first-order chi connectivity index (χ1) is 10.8. The Labute approximate surface area is 132 Å². The molecule has 4 heteroatoms. The van der Waals surface area contributed by atoms with E-state index in [9.17, 15) is 0 Å². The summed E-state index contributed by atoms with van der Waals surface area (Å²) in [6.45, 7) is 6.67. The SMILES string of the molecule is CCCNC(=NCc1cccc(-c2ccccn2)c1)NCC. The molecule has 1 heterocycles. The zero-order valence-corrected chi connectivity index (χ0v) is 13.3. The minimum absolute atomic E-state index is 0.653. The van der Waals surface area contributed by atoms with Gasteiger partial charge in [-0.25, -0.2) is 4.99 Å². The van der Waals surface area contributed by atoms with Gasteiger partial charge < -0.3 is 10.6 Å². The van der Waals surface area contributed by atoms with Crippen LogP contribution in [0.5, 0.6) is 0 Å². The summed E-state index contributed by atoms with van der Waals surface area (Å²) >= 11 is 0. The van der Waals surface area contributed by atoms with Crippen molar-refractivity contribution in [2.24, 2.45) is 4.99 Å². The summed E-state index contributed by atoms with van der Waals surface area (Å²) in [5.41, 5.74) is 3.29. The van der Waals surface area contributed by atoms with Gasteiger partial charge in [0.1, 0.15) is 0 Å². The lowest BCUT2D eigenvalue weighted by Gasteiger charge is -2.10. The van der Waals surface area contributed by atoms with Crippen LogP contribution in [0.1, 0.15) is 25.8 Å². The van der Waals surface area contributed by atoms with Gasteiger partial charge in [-0.15, -0.1) is 0 Å². The largest absolute Gasteiger partial charge is 0.357 e. The molecule has 0 radical (unpaired) electrons. The molecule has 2 N–H and O–H groups in total. The molecule has 0 atom stereocenters. The number of hydrogen-bond acceptors (Lipinski definition) is 2. The maximum atomic E-state index is 4.63. The van der Waals surface area contributed by atoms with E-state index in [0.29, 0.717) is 6.54 Å². The minimum atomic E-state index is 0.653. The second-order valence-electron chi connectivity index (χ2n) is 5.04. The van der Waals surface area contributed by atoms with Gasteiger partial charge in [-0.1, -0.05) is 31.2 Å². The molecule has 0 saturated carbocycles. The highest BCUT2D eigenvalue weighted by Crippen LogP contribution is 2.18. The number of aliphatic imine (C=N–C) groups is 1. The number of nitrogens with zero attached hydrogens (tertiary/aromatic N) is 2. The topological polar surface area (TPSA) is 49.3 Å².